The quantitative estimate of drug-likeness (QED) is 0.438. The number of benzene rings is 3. The summed E-state index contributed by atoms with van der Waals surface area (Å²) in [4.78, 5) is 32.5. The molecule has 2 fully saturated rings. The summed E-state index contributed by atoms with van der Waals surface area (Å²) in [6.07, 6.45) is 2.78. The molecule has 0 saturated carbocycles. The summed E-state index contributed by atoms with van der Waals surface area (Å²) >= 11 is 5.94. The minimum absolute atomic E-state index is 0.0353. The van der Waals surface area contributed by atoms with Crippen molar-refractivity contribution in [3.63, 3.8) is 0 Å². The minimum atomic E-state index is -0.176. The lowest BCUT2D eigenvalue weighted by Gasteiger charge is -2.50. The van der Waals surface area contributed by atoms with Gasteiger partial charge in [-0.05, 0) is 67.8 Å². The maximum atomic E-state index is 13.9. The Hall–Kier alpha value is -3.75. The number of carbonyl (C=O) groups excluding carboxylic acids is 2. The predicted molar refractivity (Wildman–Crippen MR) is 139 cm³/mol. The van der Waals surface area contributed by atoms with E-state index in [-0.39, 0.29) is 24.0 Å². The Morgan fingerprint density at radius 1 is 0.800 bits per heavy atom. The first kappa shape index (κ1) is 23.0. The van der Waals surface area contributed by atoms with E-state index in [4.69, 9.17) is 11.6 Å². The maximum Gasteiger partial charge on any atom is 0.329 e. The zero-order valence-corrected chi connectivity index (χ0v) is 20.1. The fraction of sp³-hybridized carbons (Fsp3) is 0.241. The normalized spacial score (nSPS) is 18.9. The standard InChI is InChI=1S/C29H26ClN3O2/c30-23-17-14-22(15-18-23)16-19-28(34)32-26-12-7-13-27(32)21-31(20-26)29(35)33(24-8-3-1-4-9-24)25-10-5-2-6-11-25/h1-6,8-11,14-15,17-18,26-27H,7,12-13,20-21H2/t26-,27+. The van der Waals surface area contributed by atoms with Crippen LogP contribution in [0.5, 0.6) is 0 Å². The highest BCUT2D eigenvalue weighted by molar-refractivity contribution is 6.30. The Bertz CT molecular complexity index is 1200. The number of rotatable bonds is 2. The number of piperidine rings is 1. The summed E-state index contributed by atoms with van der Waals surface area (Å²) in [6.45, 7) is 1.000. The largest absolute Gasteiger partial charge is 0.329 e. The summed E-state index contributed by atoms with van der Waals surface area (Å²) < 4.78 is 0. The van der Waals surface area contributed by atoms with Gasteiger partial charge in [0.25, 0.3) is 5.91 Å². The van der Waals surface area contributed by atoms with Crippen LogP contribution in [0, 0.1) is 11.8 Å². The van der Waals surface area contributed by atoms with E-state index in [1.165, 1.54) is 0 Å². The Labute approximate surface area is 210 Å². The van der Waals surface area contributed by atoms with Gasteiger partial charge in [-0.1, -0.05) is 53.9 Å². The zero-order chi connectivity index (χ0) is 24.2. The molecule has 0 spiro atoms. The van der Waals surface area contributed by atoms with Crippen molar-refractivity contribution in [1.29, 1.82) is 0 Å². The molecular weight excluding hydrogens is 458 g/mol. The summed E-state index contributed by atoms with van der Waals surface area (Å²) in [7, 11) is 0. The van der Waals surface area contributed by atoms with Crippen LogP contribution < -0.4 is 4.90 Å². The third-order valence-corrected chi connectivity index (χ3v) is 6.86. The molecule has 2 atom stereocenters. The number of nitrogens with zero attached hydrogens (tertiary/aromatic N) is 3. The van der Waals surface area contributed by atoms with E-state index in [1.54, 1.807) is 17.0 Å². The summed E-state index contributed by atoms with van der Waals surface area (Å²) in [6, 6.07) is 26.4. The van der Waals surface area contributed by atoms with Crippen molar-refractivity contribution in [3.05, 3.63) is 95.5 Å². The number of hydrogen-bond donors (Lipinski definition) is 0. The second-order valence-corrected chi connectivity index (χ2v) is 9.34. The summed E-state index contributed by atoms with van der Waals surface area (Å²) in [5.74, 6) is 5.60. The monoisotopic (exact) mass is 483 g/mol. The molecule has 5 nitrogen and oxygen atoms in total. The first-order valence-electron chi connectivity index (χ1n) is 11.9. The molecule has 3 aromatic carbocycles. The van der Waals surface area contributed by atoms with Crippen LogP contribution in [0.4, 0.5) is 16.2 Å². The molecule has 2 bridgehead atoms. The molecule has 0 aromatic heterocycles. The molecule has 2 aliphatic heterocycles. The van der Waals surface area contributed by atoms with Crippen molar-refractivity contribution in [2.24, 2.45) is 0 Å². The Balaban J connectivity index is 1.37. The number of amides is 3. The summed E-state index contributed by atoms with van der Waals surface area (Å²) in [5, 5.41) is 0.636. The number of anilines is 2. The van der Waals surface area contributed by atoms with Crippen LogP contribution in [0.1, 0.15) is 24.8 Å². The van der Waals surface area contributed by atoms with Gasteiger partial charge in [0, 0.05) is 29.6 Å². The highest BCUT2D eigenvalue weighted by Gasteiger charge is 2.42. The molecule has 3 aromatic rings. The molecule has 35 heavy (non-hydrogen) atoms. The second-order valence-electron chi connectivity index (χ2n) is 8.90. The van der Waals surface area contributed by atoms with Crippen LogP contribution >= 0.6 is 11.6 Å². The third-order valence-electron chi connectivity index (χ3n) is 6.61. The smallest absolute Gasteiger partial charge is 0.322 e. The van der Waals surface area contributed by atoms with Gasteiger partial charge >= 0.3 is 6.03 Å². The maximum absolute atomic E-state index is 13.9. The van der Waals surface area contributed by atoms with E-state index in [9.17, 15) is 9.59 Å². The molecule has 176 valence electrons. The second kappa shape index (κ2) is 10.2. The van der Waals surface area contributed by atoms with Crippen LogP contribution in [-0.2, 0) is 4.79 Å². The lowest BCUT2D eigenvalue weighted by Crippen LogP contribution is -2.64. The van der Waals surface area contributed by atoms with Gasteiger partial charge < -0.3 is 9.80 Å². The van der Waals surface area contributed by atoms with E-state index >= 15 is 0 Å². The SMILES string of the molecule is O=C(N1C[C@H]2CCC[C@@H](C1)N2C(=O)C#Cc1ccc(Cl)cc1)N(c1ccccc1)c1ccccc1. The molecule has 0 unspecified atom stereocenters. The molecular formula is C29H26ClN3O2. The average Bonchev–Trinajstić information content (AvgIpc) is 2.89. The zero-order valence-electron chi connectivity index (χ0n) is 19.3. The van der Waals surface area contributed by atoms with Crippen LogP contribution in [0.2, 0.25) is 5.02 Å². The average molecular weight is 484 g/mol. The summed E-state index contributed by atoms with van der Waals surface area (Å²) in [5.41, 5.74) is 2.39. The number of likely N-dealkylation sites (tertiary alicyclic amines) is 1. The fourth-order valence-corrected chi connectivity index (χ4v) is 5.11. The van der Waals surface area contributed by atoms with Crippen LogP contribution in [0.3, 0.4) is 0 Å². The van der Waals surface area contributed by atoms with Gasteiger partial charge in [0.15, 0.2) is 0 Å². The minimum Gasteiger partial charge on any atom is -0.322 e. The van der Waals surface area contributed by atoms with E-state index in [2.05, 4.69) is 11.8 Å². The first-order chi connectivity index (χ1) is 17.1. The molecule has 2 heterocycles. The molecule has 0 radical (unpaired) electrons. The van der Waals surface area contributed by atoms with Crippen LogP contribution in [-0.4, -0.2) is 46.9 Å². The van der Waals surface area contributed by atoms with E-state index < -0.39 is 0 Å². The molecule has 2 saturated heterocycles. The van der Waals surface area contributed by atoms with Crippen molar-refractivity contribution < 1.29 is 9.59 Å². The van der Waals surface area contributed by atoms with Gasteiger partial charge in [-0.3, -0.25) is 9.69 Å². The lowest BCUT2D eigenvalue weighted by atomic mass is 9.91. The number of piperazine rings is 1. The number of para-hydroxylation sites is 2. The molecule has 5 rings (SSSR count). The van der Waals surface area contributed by atoms with Gasteiger partial charge in [0.2, 0.25) is 0 Å². The predicted octanol–water partition coefficient (Wildman–Crippen LogP) is 5.72. The number of hydrogen-bond acceptors (Lipinski definition) is 2. The highest BCUT2D eigenvalue weighted by atomic mass is 35.5. The van der Waals surface area contributed by atoms with Crippen molar-refractivity contribution in [2.45, 2.75) is 31.3 Å². The van der Waals surface area contributed by atoms with E-state index in [0.29, 0.717) is 18.1 Å². The van der Waals surface area contributed by atoms with Crippen molar-refractivity contribution in [3.8, 4) is 11.8 Å². The number of fused-ring (bicyclic) bond motifs is 2. The highest BCUT2D eigenvalue weighted by Crippen LogP contribution is 2.32. The van der Waals surface area contributed by atoms with Crippen molar-refractivity contribution in [1.82, 2.24) is 9.80 Å². The van der Waals surface area contributed by atoms with Gasteiger partial charge in [-0.25, -0.2) is 4.79 Å². The van der Waals surface area contributed by atoms with Crippen LogP contribution in [0.25, 0.3) is 0 Å². The third kappa shape index (κ3) is 5.03. The number of carbonyl (C=O) groups is 2. The lowest BCUT2D eigenvalue weighted by molar-refractivity contribution is -0.135. The number of halogens is 1. The van der Waals surface area contributed by atoms with Gasteiger partial charge in [-0.15, -0.1) is 0 Å². The Morgan fingerprint density at radius 3 is 1.89 bits per heavy atom. The van der Waals surface area contributed by atoms with Gasteiger partial charge in [0.1, 0.15) is 0 Å². The van der Waals surface area contributed by atoms with E-state index in [1.807, 2.05) is 82.6 Å². The first-order valence-corrected chi connectivity index (χ1v) is 12.3. The molecule has 3 amide bonds. The Morgan fingerprint density at radius 2 is 1.34 bits per heavy atom. The topological polar surface area (TPSA) is 43.9 Å². The van der Waals surface area contributed by atoms with Crippen molar-refractivity contribution >= 4 is 34.9 Å². The molecule has 0 N–H and O–H groups in total. The molecule has 2 aliphatic rings. The number of urea groups is 1. The Kier molecular flexibility index (Phi) is 6.74. The molecule has 0 aliphatic carbocycles. The van der Waals surface area contributed by atoms with E-state index in [0.717, 1.165) is 36.2 Å². The van der Waals surface area contributed by atoms with Crippen LogP contribution in [0.15, 0.2) is 84.9 Å². The molecule has 6 heteroatoms. The van der Waals surface area contributed by atoms with Gasteiger partial charge in [-0.2, -0.15) is 0 Å². The fourth-order valence-electron chi connectivity index (χ4n) is 4.98. The van der Waals surface area contributed by atoms with Gasteiger partial charge in [0.05, 0.1) is 23.5 Å². The van der Waals surface area contributed by atoms with Crippen molar-refractivity contribution in [2.75, 3.05) is 18.0 Å².